The molecule has 11 aromatic rings. The van der Waals surface area contributed by atoms with Crippen molar-refractivity contribution in [2.24, 2.45) is 0 Å². The Hall–Kier alpha value is -6.84. The van der Waals surface area contributed by atoms with Crippen molar-refractivity contribution in [1.82, 2.24) is 14.4 Å². The second-order valence-corrected chi connectivity index (χ2v) is 15.2. The molecule has 3 heterocycles. The molecule has 12 rings (SSSR count). The number of fused-ring (bicyclic) bond motifs is 13. The minimum atomic E-state index is 0.323. The molecule has 1 atom stereocenters. The van der Waals surface area contributed by atoms with Crippen LogP contribution in [0.2, 0.25) is 0 Å². The first-order valence-electron chi connectivity index (χ1n) is 19.4. The lowest BCUT2D eigenvalue weighted by atomic mass is 9.82. The van der Waals surface area contributed by atoms with Crippen LogP contribution in [0.15, 0.2) is 170 Å². The summed E-state index contributed by atoms with van der Waals surface area (Å²) in [5.74, 6) is 0.323. The van der Waals surface area contributed by atoms with E-state index in [9.17, 15) is 0 Å². The summed E-state index contributed by atoms with van der Waals surface area (Å²) in [6.45, 7) is 0. The Labute approximate surface area is 318 Å². The molecule has 1 aliphatic carbocycles. The third-order valence-corrected chi connectivity index (χ3v) is 12.2. The van der Waals surface area contributed by atoms with Crippen LogP contribution in [0.5, 0.6) is 0 Å². The second-order valence-electron chi connectivity index (χ2n) is 15.2. The summed E-state index contributed by atoms with van der Waals surface area (Å²) in [5, 5.41) is 8.08. The zero-order valence-corrected chi connectivity index (χ0v) is 30.2. The van der Waals surface area contributed by atoms with E-state index in [2.05, 4.69) is 156 Å². The molecule has 0 fully saturated rings. The van der Waals surface area contributed by atoms with Gasteiger partial charge in [0.25, 0.3) is 0 Å². The Morgan fingerprint density at radius 1 is 0.509 bits per heavy atom. The molecule has 55 heavy (non-hydrogen) atoms. The molecule has 8 aromatic carbocycles. The standard InChI is InChI=1S/C52H35N3/c1-2-14-35(15-3-1)50-51(54-44-20-10-9-19-43(44)53-50)36-24-22-32(23-25-36)30-37-27-26-33-12-4-6-16-38(33)41-31-42-40-18-8-11-21-45(40)55-46-29-28-34-13-5-7-17-39(34)48(46)49(47(37)41)52(42)55/h1-25,28-29,31,37H,26-27,30H2/t37-/m0/s1. The molecule has 258 valence electrons. The van der Waals surface area contributed by atoms with Crippen LogP contribution in [0.25, 0.3) is 93.5 Å². The lowest BCUT2D eigenvalue weighted by Crippen LogP contribution is -2.05. The maximum Gasteiger partial charge on any atom is 0.0973 e. The van der Waals surface area contributed by atoms with Gasteiger partial charge in [-0.1, -0.05) is 140 Å². The van der Waals surface area contributed by atoms with Crippen molar-refractivity contribution >= 4 is 59.9 Å². The number of rotatable bonds is 4. The summed E-state index contributed by atoms with van der Waals surface area (Å²) in [6, 6.07) is 62.0. The summed E-state index contributed by atoms with van der Waals surface area (Å²) in [7, 11) is 0. The maximum absolute atomic E-state index is 5.19. The number of aromatic nitrogens is 3. The Morgan fingerprint density at radius 3 is 2.00 bits per heavy atom. The minimum absolute atomic E-state index is 0.323. The molecule has 0 saturated carbocycles. The van der Waals surface area contributed by atoms with Gasteiger partial charge >= 0.3 is 0 Å². The van der Waals surface area contributed by atoms with E-state index in [1.54, 1.807) is 0 Å². The van der Waals surface area contributed by atoms with E-state index in [1.165, 1.54) is 76.7 Å². The first-order valence-corrected chi connectivity index (χ1v) is 19.4. The highest BCUT2D eigenvalue weighted by Gasteiger charge is 2.30. The number of nitrogens with zero attached hydrogens (tertiary/aromatic N) is 3. The lowest BCUT2D eigenvalue weighted by molar-refractivity contribution is 0.633. The highest BCUT2D eigenvalue weighted by atomic mass is 14.9. The summed E-state index contributed by atoms with van der Waals surface area (Å²) < 4.78 is 2.56. The molecular weight excluding hydrogens is 667 g/mol. The number of hydrogen-bond donors (Lipinski definition) is 0. The largest absolute Gasteiger partial charge is 0.308 e. The fraction of sp³-hybridized carbons (Fsp3) is 0.0769. The highest BCUT2D eigenvalue weighted by Crippen LogP contribution is 2.51. The van der Waals surface area contributed by atoms with E-state index in [0.717, 1.165) is 52.8 Å². The molecule has 0 spiro atoms. The summed E-state index contributed by atoms with van der Waals surface area (Å²) in [5.41, 5.74) is 16.8. The van der Waals surface area contributed by atoms with Gasteiger partial charge in [-0.3, -0.25) is 0 Å². The zero-order chi connectivity index (χ0) is 36.0. The monoisotopic (exact) mass is 701 g/mol. The van der Waals surface area contributed by atoms with Gasteiger partial charge in [0.2, 0.25) is 0 Å². The van der Waals surface area contributed by atoms with Crippen molar-refractivity contribution in [3.05, 3.63) is 187 Å². The fourth-order valence-electron chi connectivity index (χ4n) is 9.76. The first-order chi connectivity index (χ1) is 27.3. The molecule has 0 unspecified atom stereocenters. The predicted octanol–water partition coefficient (Wildman–Crippen LogP) is 13.2. The van der Waals surface area contributed by atoms with Crippen LogP contribution in [0.4, 0.5) is 0 Å². The van der Waals surface area contributed by atoms with Crippen LogP contribution >= 0.6 is 0 Å². The Balaban J connectivity index is 1.07. The van der Waals surface area contributed by atoms with Crippen molar-refractivity contribution in [3.8, 4) is 33.6 Å². The van der Waals surface area contributed by atoms with E-state index < -0.39 is 0 Å². The highest BCUT2D eigenvalue weighted by molar-refractivity contribution is 6.30. The number of benzene rings is 8. The molecule has 0 N–H and O–H groups in total. The Bertz CT molecular complexity index is 3280. The summed E-state index contributed by atoms with van der Waals surface area (Å²) in [4.78, 5) is 10.3. The van der Waals surface area contributed by atoms with Crippen LogP contribution in [-0.2, 0) is 12.8 Å². The van der Waals surface area contributed by atoms with Gasteiger partial charge in [0, 0.05) is 32.7 Å². The first kappa shape index (κ1) is 30.6. The van der Waals surface area contributed by atoms with Crippen molar-refractivity contribution in [1.29, 1.82) is 0 Å². The smallest absolute Gasteiger partial charge is 0.0973 e. The SMILES string of the molecule is c1ccc(-c2nc3ccccc3nc2-c2ccc(C[C@@H]3CCc4ccccc4-c4cc5c6ccccc6n6c7ccc8ccccc8c7c(c43)c56)cc2)cc1. The number of aryl methyl sites for hydroxylation is 1. The topological polar surface area (TPSA) is 30.2 Å². The maximum atomic E-state index is 5.19. The zero-order valence-electron chi connectivity index (χ0n) is 30.2. The Morgan fingerprint density at radius 2 is 1.18 bits per heavy atom. The third kappa shape index (κ3) is 4.56. The van der Waals surface area contributed by atoms with Gasteiger partial charge in [0.1, 0.15) is 0 Å². The van der Waals surface area contributed by atoms with Gasteiger partial charge in [-0.05, 0) is 94.1 Å². The van der Waals surface area contributed by atoms with Gasteiger partial charge in [-0.25, -0.2) is 9.97 Å². The number of hydrogen-bond acceptors (Lipinski definition) is 2. The fourth-order valence-corrected chi connectivity index (χ4v) is 9.76. The molecule has 0 radical (unpaired) electrons. The van der Waals surface area contributed by atoms with Crippen molar-refractivity contribution in [2.45, 2.75) is 25.2 Å². The molecule has 3 nitrogen and oxygen atoms in total. The predicted molar refractivity (Wildman–Crippen MR) is 229 cm³/mol. The van der Waals surface area contributed by atoms with E-state index >= 15 is 0 Å². The van der Waals surface area contributed by atoms with Crippen LogP contribution < -0.4 is 0 Å². The second kappa shape index (κ2) is 11.8. The number of para-hydroxylation sites is 3. The minimum Gasteiger partial charge on any atom is -0.308 e. The molecule has 1 aliphatic rings. The van der Waals surface area contributed by atoms with Gasteiger partial charge in [0.15, 0.2) is 0 Å². The van der Waals surface area contributed by atoms with E-state index in [4.69, 9.17) is 9.97 Å². The summed E-state index contributed by atoms with van der Waals surface area (Å²) in [6.07, 6.45) is 3.08. The summed E-state index contributed by atoms with van der Waals surface area (Å²) >= 11 is 0. The molecule has 0 aliphatic heterocycles. The molecule has 0 saturated heterocycles. The van der Waals surface area contributed by atoms with Crippen molar-refractivity contribution < 1.29 is 0 Å². The van der Waals surface area contributed by atoms with Crippen LogP contribution in [-0.4, -0.2) is 14.4 Å². The average molecular weight is 702 g/mol. The quantitative estimate of drug-likeness (QED) is 0.183. The van der Waals surface area contributed by atoms with Crippen LogP contribution in [0.3, 0.4) is 0 Å². The molecule has 3 aromatic heterocycles. The van der Waals surface area contributed by atoms with Gasteiger partial charge in [-0.15, -0.1) is 0 Å². The molecule has 0 amide bonds. The van der Waals surface area contributed by atoms with Crippen molar-refractivity contribution in [2.75, 3.05) is 0 Å². The van der Waals surface area contributed by atoms with Gasteiger partial charge in [-0.2, -0.15) is 0 Å². The van der Waals surface area contributed by atoms with Crippen molar-refractivity contribution in [3.63, 3.8) is 0 Å². The van der Waals surface area contributed by atoms with Crippen LogP contribution in [0, 0.1) is 0 Å². The normalized spacial score (nSPS) is 14.3. The molecule has 3 heteroatoms. The molecular formula is C52H35N3. The van der Waals surface area contributed by atoms with E-state index in [1.807, 2.05) is 18.2 Å². The van der Waals surface area contributed by atoms with Crippen LogP contribution in [0.1, 0.15) is 29.0 Å². The Kier molecular flexibility index (Phi) is 6.58. The lowest BCUT2D eigenvalue weighted by Gasteiger charge is -2.21. The third-order valence-electron chi connectivity index (χ3n) is 12.2. The van der Waals surface area contributed by atoms with Gasteiger partial charge in [0.05, 0.1) is 39.0 Å². The average Bonchev–Trinajstić information content (AvgIpc) is 3.72. The van der Waals surface area contributed by atoms with Gasteiger partial charge < -0.3 is 4.40 Å². The van der Waals surface area contributed by atoms with E-state index in [0.29, 0.717) is 5.92 Å². The van der Waals surface area contributed by atoms with E-state index in [-0.39, 0.29) is 0 Å². The molecule has 0 bridgehead atoms.